The van der Waals surface area contributed by atoms with Crippen LogP contribution in [0, 0.1) is 6.92 Å². The maximum atomic E-state index is 11.5. The highest BCUT2D eigenvalue weighted by molar-refractivity contribution is 9.10. The van der Waals surface area contributed by atoms with E-state index < -0.39 is 10.8 Å². The predicted octanol–water partition coefficient (Wildman–Crippen LogP) is 2.33. The molecule has 0 saturated heterocycles. The summed E-state index contributed by atoms with van der Waals surface area (Å²) in [6.45, 7) is 3.06. The number of halogens is 1. The number of amides is 2. The highest BCUT2D eigenvalue weighted by atomic mass is 79.9. The highest BCUT2D eigenvalue weighted by Gasteiger charge is 2.03. The molecule has 2 N–H and O–H groups in total. The summed E-state index contributed by atoms with van der Waals surface area (Å²) in [6, 6.07) is 5.77. The molecule has 4 nitrogen and oxygen atoms in total. The van der Waals surface area contributed by atoms with Crippen LogP contribution in [-0.2, 0) is 17.3 Å². The van der Waals surface area contributed by atoms with Crippen LogP contribution in [0.1, 0.15) is 17.5 Å². The van der Waals surface area contributed by atoms with Crippen molar-refractivity contribution in [3.05, 3.63) is 33.8 Å². The van der Waals surface area contributed by atoms with Gasteiger partial charge in [-0.15, -0.1) is 0 Å². The van der Waals surface area contributed by atoms with Crippen LogP contribution in [0.2, 0.25) is 0 Å². The zero-order valence-electron chi connectivity index (χ0n) is 11.2. The van der Waals surface area contributed by atoms with Crippen LogP contribution in [0.25, 0.3) is 0 Å². The van der Waals surface area contributed by atoms with E-state index in [0.29, 0.717) is 18.8 Å². The van der Waals surface area contributed by atoms with Crippen molar-refractivity contribution in [2.24, 2.45) is 0 Å². The first-order valence-electron chi connectivity index (χ1n) is 6.06. The molecule has 0 fully saturated rings. The Morgan fingerprint density at radius 3 is 2.74 bits per heavy atom. The van der Waals surface area contributed by atoms with Crippen molar-refractivity contribution in [3.8, 4) is 0 Å². The third kappa shape index (κ3) is 6.73. The van der Waals surface area contributed by atoms with E-state index in [1.807, 2.05) is 25.1 Å². The molecule has 0 spiro atoms. The summed E-state index contributed by atoms with van der Waals surface area (Å²) in [7, 11) is -0.795. The van der Waals surface area contributed by atoms with E-state index in [2.05, 4.69) is 26.6 Å². The fraction of sp³-hybridized carbons (Fsp3) is 0.462. The molecule has 0 bridgehead atoms. The van der Waals surface area contributed by atoms with Crippen molar-refractivity contribution in [1.29, 1.82) is 0 Å². The number of hydrogen-bond donors (Lipinski definition) is 2. The molecule has 0 aliphatic rings. The lowest BCUT2D eigenvalue weighted by Crippen LogP contribution is -2.36. The zero-order valence-corrected chi connectivity index (χ0v) is 13.6. The second kappa shape index (κ2) is 8.32. The van der Waals surface area contributed by atoms with Crippen molar-refractivity contribution in [2.75, 3.05) is 18.6 Å². The van der Waals surface area contributed by atoms with Gasteiger partial charge in [-0.3, -0.25) is 4.21 Å². The molecule has 19 heavy (non-hydrogen) atoms. The Balaban J connectivity index is 2.28. The molecule has 106 valence electrons. The summed E-state index contributed by atoms with van der Waals surface area (Å²) in [5.41, 5.74) is 2.23. The van der Waals surface area contributed by atoms with Crippen molar-refractivity contribution in [3.63, 3.8) is 0 Å². The van der Waals surface area contributed by atoms with Crippen LogP contribution in [0.4, 0.5) is 4.79 Å². The molecule has 1 aromatic carbocycles. The Kier molecular flexibility index (Phi) is 7.09. The molecule has 0 aliphatic carbocycles. The number of urea groups is 1. The molecule has 0 saturated carbocycles. The normalized spacial score (nSPS) is 11.9. The minimum absolute atomic E-state index is 0.191. The topological polar surface area (TPSA) is 58.2 Å². The molecule has 1 rings (SSSR count). The average molecular weight is 347 g/mol. The van der Waals surface area contributed by atoms with E-state index in [-0.39, 0.29) is 6.03 Å². The first kappa shape index (κ1) is 16.2. The van der Waals surface area contributed by atoms with E-state index in [1.165, 1.54) is 0 Å². The molecule has 0 radical (unpaired) electrons. The van der Waals surface area contributed by atoms with E-state index in [9.17, 15) is 9.00 Å². The lowest BCUT2D eigenvalue weighted by Gasteiger charge is -2.09. The first-order chi connectivity index (χ1) is 8.99. The smallest absolute Gasteiger partial charge is 0.315 e. The summed E-state index contributed by atoms with van der Waals surface area (Å²) in [6.07, 6.45) is 2.39. The van der Waals surface area contributed by atoms with Gasteiger partial charge in [0.2, 0.25) is 0 Å². The number of carbonyl (C=O) groups is 1. The maximum Gasteiger partial charge on any atom is 0.315 e. The number of nitrogens with one attached hydrogen (secondary N) is 2. The molecule has 0 heterocycles. The molecule has 0 unspecified atom stereocenters. The molecule has 0 aliphatic heterocycles. The monoisotopic (exact) mass is 346 g/mol. The van der Waals surface area contributed by atoms with Crippen LogP contribution in [0.5, 0.6) is 0 Å². The van der Waals surface area contributed by atoms with Crippen LogP contribution in [-0.4, -0.2) is 28.8 Å². The van der Waals surface area contributed by atoms with E-state index >= 15 is 0 Å². The van der Waals surface area contributed by atoms with Gasteiger partial charge in [0.25, 0.3) is 0 Å². The lowest BCUT2D eigenvalue weighted by atomic mass is 10.1. The molecule has 0 aromatic heterocycles. The van der Waals surface area contributed by atoms with Gasteiger partial charge >= 0.3 is 6.03 Å². The molecule has 2 amide bonds. The average Bonchev–Trinajstić information content (AvgIpc) is 2.33. The van der Waals surface area contributed by atoms with Crippen LogP contribution < -0.4 is 10.6 Å². The van der Waals surface area contributed by atoms with Gasteiger partial charge in [-0.25, -0.2) is 4.79 Å². The number of carbonyl (C=O) groups excluding carboxylic acids is 1. The van der Waals surface area contributed by atoms with Crippen molar-refractivity contribution >= 4 is 32.8 Å². The summed E-state index contributed by atoms with van der Waals surface area (Å²) in [5.74, 6) is 0.617. The summed E-state index contributed by atoms with van der Waals surface area (Å²) >= 11 is 3.41. The standard InChI is InChI=1S/C13H19BrN2O2S/c1-10-8-12(14)5-4-11(10)9-16-13(17)15-6-3-7-19(2)18/h4-5,8H,3,6-7,9H2,1-2H3,(H2,15,16,17)/t19-/m1/s1. The Labute approximate surface area is 124 Å². The van der Waals surface area contributed by atoms with Crippen molar-refractivity contribution in [2.45, 2.75) is 19.9 Å². The second-order valence-corrected chi connectivity index (χ2v) is 6.78. The van der Waals surface area contributed by atoms with Crippen LogP contribution in [0.3, 0.4) is 0 Å². The van der Waals surface area contributed by atoms with Crippen LogP contribution >= 0.6 is 15.9 Å². The molecular weight excluding hydrogens is 328 g/mol. The highest BCUT2D eigenvalue weighted by Crippen LogP contribution is 2.15. The molecule has 6 heteroatoms. The van der Waals surface area contributed by atoms with Gasteiger partial charge in [0, 0.05) is 40.4 Å². The summed E-state index contributed by atoms with van der Waals surface area (Å²) in [4.78, 5) is 11.5. The van der Waals surface area contributed by atoms with Gasteiger partial charge in [0.1, 0.15) is 0 Å². The lowest BCUT2D eigenvalue weighted by molar-refractivity contribution is 0.240. The fourth-order valence-corrected chi connectivity index (χ4v) is 2.60. The molecule has 1 aromatic rings. The Morgan fingerprint density at radius 2 is 2.11 bits per heavy atom. The zero-order chi connectivity index (χ0) is 14.3. The molecular formula is C13H19BrN2O2S. The third-order valence-electron chi connectivity index (χ3n) is 2.64. The largest absolute Gasteiger partial charge is 0.338 e. The Bertz CT molecular complexity index is 466. The van der Waals surface area contributed by atoms with Crippen LogP contribution in [0.15, 0.2) is 22.7 Å². The van der Waals surface area contributed by atoms with Gasteiger partial charge in [-0.1, -0.05) is 22.0 Å². The quantitative estimate of drug-likeness (QED) is 0.776. The summed E-state index contributed by atoms with van der Waals surface area (Å²) < 4.78 is 11.9. The van der Waals surface area contributed by atoms with Gasteiger partial charge in [0.05, 0.1) is 0 Å². The summed E-state index contributed by atoms with van der Waals surface area (Å²) in [5, 5.41) is 5.55. The van der Waals surface area contributed by atoms with Crippen molar-refractivity contribution < 1.29 is 9.00 Å². The number of aryl methyl sites for hydroxylation is 1. The SMILES string of the molecule is Cc1cc(Br)ccc1CNC(=O)NCCC[S@@](C)=O. The van der Waals surface area contributed by atoms with E-state index in [1.54, 1.807) is 6.26 Å². The molecule has 1 atom stereocenters. The van der Waals surface area contributed by atoms with Crippen molar-refractivity contribution in [1.82, 2.24) is 10.6 Å². The Morgan fingerprint density at radius 1 is 1.37 bits per heavy atom. The van der Waals surface area contributed by atoms with Gasteiger partial charge in [-0.05, 0) is 36.6 Å². The fourth-order valence-electron chi connectivity index (χ4n) is 1.57. The van der Waals surface area contributed by atoms with E-state index in [0.717, 1.165) is 22.0 Å². The minimum atomic E-state index is -0.795. The van der Waals surface area contributed by atoms with Gasteiger partial charge in [-0.2, -0.15) is 0 Å². The number of rotatable bonds is 6. The Hall–Kier alpha value is -0.880. The second-order valence-electron chi connectivity index (χ2n) is 4.31. The van der Waals surface area contributed by atoms with Gasteiger partial charge < -0.3 is 10.6 Å². The minimum Gasteiger partial charge on any atom is -0.338 e. The number of benzene rings is 1. The first-order valence-corrected chi connectivity index (χ1v) is 8.58. The predicted molar refractivity (Wildman–Crippen MR) is 82.7 cm³/mol. The third-order valence-corrected chi connectivity index (χ3v) is 4.00. The van der Waals surface area contributed by atoms with Gasteiger partial charge in [0.15, 0.2) is 0 Å². The van der Waals surface area contributed by atoms with E-state index in [4.69, 9.17) is 0 Å². The maximum absolute atomic E-state index is 11.5. The number of hydrogen-bond acceptors (Lipinski definition) is 2.